The summed E-state index contributed by atoms with van der Waals surface area (Å²) >= 11 is 6.11. The smallest absolute Gasteiger partial charge is 0.222 e. The lowest BCUT2D eigenvalue weighted by Gasteiger charge is -2.22. The van der Waals surface area contributed by atoms with Crippen LogP contribution in [0.3, 0.4) is 0 Å². The van der Waals surface area contributed by atoms with Crippen LogP contribution >= 0.6 is 35.6 Å². The molecule has 1 N–H and O–H groups in total. The SMILES string of the molecule is CCNC(=NCc1cccc(CN2CCCC2=O)c1)N(C)Cc1cc(Cl)cn1C.I. The highest BCUT2D eigenvalue weighted by Gasteiger charge is 2.20. The number of benzene rings is 1. The molecule has 1 aromatic heterocycles. The third-order valence-electron chi connectivity index (χ3n) is 5.12. The minimum absolute atomic E-state index is 0. The first-order chi connectivity index (χ1) is 14.0. The summed E-state index contributed by atoms with van der Waals surface area (Å²) in [7, 11) is 4.02. The number of rotatable bonds is 7. The number of nitrogens with one attached hydrogen (secondary N) is 1. The van der Waals surface area contributed by atoms with Gasteiger partial charge in [0.05, 0.1) is 18.1 Å². The molecule has 3 rings (SSSR count). The van der Waals surface area contributed by atoms with Crippen LogP contribution in [0.4, 0.5) is 0 Å². The number of nitrogens with zero attached hydrogens (tertiary/aromatic N) is 4. The molecule has 0 spiro atoms. The third kappa shape index (κ3) is 6.63. The second kappa shape index (κ2) is 11.6. The Morgan fingerprint density at radius 1 is 1.30 bits per heavy atom. The molecule has 0 unspecified atom stereocenters. The minimum Gasteiger partial charge on any atom is -0.357 e. The summed E-state index contributed by atoms with van der Waals surface area (Å²) in [4.78, 5) is 20.7. The van der Waals surface area contributed by atoms with Crippen LogP contribution in [-0.2, 0) is 31.5 Å². The van der Waals surface area contributed by atoms with Crippen molar-refractivity contribution in [3.8, 4) is 0 Å². The number of amides is 1. The van der Waals surface area contributed by atoms with Crippen molar-refractivity contribution in [1.82, 2.24) is 19.7 Å². The van der Waals surface area contributed by atoms with Crippen LogP contribution in [0.25, 0.3) is 0 Å². The molecule has 1 amide bonds. The molecule has 0 aliphatic carbocycles. The Morgan fingerprint density at radius 2 is 2.07 bits per heavy atom. The average molecular weight is 544 g/mol. The van der Waals surface area contributed by atoms with E-state index in [9.17, 15) is 4.79 Å². The molecule has 2 aromatic rings. The van der Waals surface area contributed by atoms with Gasteiger partial charge in [-0.3, -0.25) is 4.79 Å². The molecule has 0 bridgehead atoms. The standard InChI is InChI=1S/C22H30ClN5O.HI/c1-4-24-22(27(3)16-20-12-19(23)15-26(20)2)25-13-17-7-5-8-18(11-17)14-28-10-6-9-21(28)29;/h5,7-8,11-12,15H,4,6,9-10,13-14,16H2,1-3H3,(H,24,25);1H. The van der Waals surface area contributed by atoms with Gasteiger partial charge in [-0.05, 0) is 30.5 Å². The van der Waals surface area contributed by atoms with Crippen LogP contribution in [-0.4, -0.2) is 46.4 Å². The van der Waals surface area contributed by atoms with Crippen LogP contribution in [0.1, 0.15) is 36.6 Å². The Kier molecular flexibility index (Phi) is 9.48. The first-order valence-corrected chi connectivity index (χ1v) is 10.5. The van der Waals surface area contributed by atoms with Gasteiger partial charge in [0.25, 0.3) is 0 Å². The fourth-order valence-corrected chi connectivity index (χ4v) is 3.87. The van der Waals surface area contributed by atoms with E-state index in [4.69, 9.17) is 16.6 Å². The number of aryl methyl sites for hydroxylation is 1. The Morgan fingerprint density at radius 3 is 2.70 bits per heavy atom. The maximum atomic E-state index is 11.9. The molecule has 0 atom stereocenters. The predicted molar refractivity (Wildman–Crippen MR) is 133 cm³/mol. The Labute approximate surface area is 201 Å². The molecule has 8 heteroatoms. The van der Waals surface area contributed by atoms with Gasteiger partial charge in [-0.1, -0.05) is 35.9 Å². The van der Waals surface area contributed by atoms with E-state index in [0.29, 0.717) is 26.1 Å². The monoisotopic (exact) mass is 543 g/mol. The highest BCUT2D eigenvalue weighted by atomic mass is 127. The molecule has 1 aromatic carbocycles. The Balaban J connectivity index is 0.00000320. The topological polar surface area (TPSA) is 52.9 Å². The van der Waals surface area contributed by atoms with E-state index >= 15 is 0 Å². The summed E-state index contributed by atoms with van der Waals surface area (Å²) in [5.41, 5.74) is 3.42. The van der Waals surface area contributed by atoms with Crippen LogP contribution in [0.2, 0.25) is 5.02 Å². The second-order valence-corrected chi connectivity index (χ2v) is 7.96. The van der Waals surface area contributed by atoms with Gasteiger partial charge in [0, 0.05) is 52.0 Å². The lowest BCUT2D eigenvalue weighted by Crippen LogP contribution is -2.38. The number of aliphatic imine (C=N–C) groups is 1. The predicted octanol–water partition coefficient (Wildman–Crippen LogP) is 4.02. The van der Waals surface area contributed by atoms with Gasteiger partial charge >= 0.3 is 0 Å². The highest BCUT2D eigenvalue weighted by Crippen LogP contribution is 2.16. The summed E-state index contributed by atoms with van der Waals surface area (Å²) in [5.74, 6) is 1.11. The average Bonchev–Trinajstić information content (AvgIpc) is 3.23. The molecular formula is C22H31ClIN5O. The fraction of sp³-hybridized carbons (Fsp3) is 0.455. The van der Waals surface area contributed by atoms with Gasteiger partial charge in [-0.25, -0.2) is 4.99 Å². The van der Waals surface area contributed by atoms with E-state index in [2.05, 4.69) is 35.3 Å². The summed E-state index contributed by atoms with van der Waals surface area (Å²) in [6, 6.07) is 10.3. The molecule has 6 nitrogen and oxygen atoms in total. The fourth-order valence-electron chi connectivity index (χ4n) is 3.60. The molecule has 0 saturated carbocycles. The van der Waals surface area contributed by atoms with Gasteiger partial charge in [-0.15, -0.1) is 24.0 Å². The molecule has 1 saturated heterocycles. The van der Waals surface area contributed by atoms with Crippen LogP contribution in [0.5, 0.6) is 0 Å². The van der Waals surface area contributed by atoms with Gasteiger partial charge < -0.3 is 19.7 Å². The summed E-state index contributed by atoms with van der Waals surface area (Å²) in [6.45, 7) is 5.71. The Bertz CT molecular complexity index is 882. The zero-order chi connectivity index (χ0) is 20.8. The van der Waals surface area contributed by atoms with Crippen LogP contribution in [0, 0.1) is 0 Å². The highest BCUT2D eigenvalue weighted by molar-refractivity contribution is 14.0. The molecule has 0 radical (unpaired) electrons. The van der Waals surface area contributed by atoms with E-state index in [-0.39, 0.29) is 29.9 Å². The first-order valence-electron chi connectivity index (χ1n) is 10.1. The zero-order valence-electron chi connectivity index (χ0n) is 17.9. The lowest BCUT2D eigenvalue weighted by atomic mass is 10.1. The zero-order valence-corrected chi connectivity index (χ0v) is 21.0. The summed E-state index contributed by atoms with van der Waals surface area (Å²) in [6.07, 6.45) is 3.55. The van der Waals surface area contributed by atoms with Crippen molar-refractivity contribution < 1.29 is 4.79 Å². The second-order valence-electron chi connectivity index (χ2n) is 7.53. The maximum absolute atomic E-state index is 11.9. The summed E-state index contributed by atoms with van der Waals surface area (Å²) < 4.78 is 2.03. The van der Waals surface area contributed by atoms with Crippen LogP contribution in [0.15, 0.2) is 41.5 Å². The number of likely N-dealkylation sites (tertiary alicyclic amines) is 1. The summed E-state index contributed by atoms with van der Waals surface area (Å²) in [5, 5.41) is 4.10. The van der Waals surface area contributed by atoms with E-state index in [1.165, 1.54) is 0 Å². The van der Waals surface area contributed by atoms with Gasteiger partial charge in [0.2, 0.25) is 5.91 Å². The van der Waals surface area contributed by atoms with Crippen molar-refractivity contribution >= 4 is 47.4 Å². The molecule has 1 aliphatic rings. The van der Waals surface area contributed by atoms with Gasteiger partial charge in [0.1, 0.15) is 0 Å². The number of hydrogen-bond donors (Lipinski definition) is 1. The molecule has 30 heavy (non-hydrogen) atoms. The van der Waals surface area contributed by atoms with Gasteiger partial charge in [-0.2, -0.15) is 0 Å². The molecular weight excluding hydrogens is 513 g/mol. The maximum Gasteiger partial charge on any atom is 0.222 e. The van der Waals surface area contributed by atoms with E-state index < -0.39 is 0 Å². The number of halogens is 2. The number of guanidine groups is 1. The quantitative estimate of drug-likeness (QED) is 0.326. The lowest BCUT2D eigenvalue weighted by molar-refractivity contribution is -0.128. The van der Waals surface area contributed by atoms with Crippen molar-refractivity contribution in [2.24, 2.45) is 12.0 Å². The van der Waals surface area contributed by atoms with Gasteiger partial charge in [0.15, 0.2) is 5.96 Å². The number of hydrogen-bond acceptors (Lipinski definition) is 2. The molecule has 2 heterocycles. The largest absolute Gasteiger partial charge is 0.357 e. The molecule has 164 valence electrons. The van der Waals surface area contributed by atoms with Crippen LogP contribution < -0.4 is 5.32 Å². The third-order valence-corrected chi connectivity index (χ3v) is 5.32. The van der Waals surface area contributed by atoms with Crippen molar-refractivity contribution in [3.05, 3.63) is 58.4 Å². The van der Waals surface area contributed by atoms with E-state index in [1.54, 1.807) is 0 Å². The number of carbonyl (C=O) groups is 1. The molecule has 1 fully saturated rings. The van der Waals surface area contributed by atoms with Crippen molar-refractivity contribution in [2.45, 2.75) is 39.4 Å². The first kappa shape index (κ1) is 24.5. The minimum atomic E-state index is 0. The number of carbonyl (C=O) groups excluding carboxylic acids is 1. The molecule has 1 aliphatic heterocycles. The number of aromatic nitrogens is 1. The van der Waals surface area contributed by atoms with Crippen molar-refractivity contribution in [2.75, 3.05) is 20.1 Å². The van der Waals surface area contributed by atoms with E-state index in [0.717, 1.165) is 47.3 Å². The Hall–Kier alpha value is -1.74. The van der Waals surface area contributed by atoms with E-state index in [1.807, 2.05) is 41.9 Å². The van der Waals surface area contributed by atoms with Crippen molar-refractivity contribution in [3.63, 3.8) is 0 Å². The normalized spacial score (nSPS) is 14.1. The van der Waals surface area contributed by atoms with Crippen molar-refractivity contribution in [1.29, 1.82) is 0 Å².